The molecular formula is C10H20F2N2. The number of hydrogen-bond acceptors (Lipinski definition) is 2. The normalized spacial score (nSPS) is 26.8. The van der Waals surface area contributed by atoms with Crippen LogP contribution in [0, 0.1) is 0 Å². The average molecular weight is 206 g/mol. The standard InChI is InChI=1S/C10H20F2N2/c1-9(2,3)14-5-4-8-6-10(11,12)7-13-8/h8,13-14H,4-7H2,1-3H3. The highest BCUT2D eigenvalue weighted by atomic mass is 19.3. The lowest BCUT2D eigenvalue weighted by atomic mass is 10.1. The van der Waals surface area contributed by atoms with Crippen LogP contribution in [0.2, 0.25) is 0 Å². The van der Waals surface area contributed by atoms with Gasteiger partial charge in [-0.05, 0) is 33.7 Å². The summed E-state index contributed by atoms with van der Waals surface area (Å²) in [5.74, 6) is -2.49. The molecule has 0 spiro atoms. The van der Waals surface area contributed by atoms with E-state index < -0.39 is 5.92 Å². The molecule has 0 aromatic rings. The minimum absolute atomic E-state index is 0.0151. The van der Waals surface area contributed by atoms with Gasteiger partial charge in [0.15, 0.2) is 0 Å². The van der Waals surface area contributed by atoms with Gasteiger partial charge in [-0.1, -0.05) is 0 Å². The van der Waals surface area contributed by atoms with E-state index in [1.807, 2.05) is 0 Å². The molecule has 4 heteroatoms. The molecule has 0 saturated carbocycles. The highest BCUT2D eigenvalue weighted by Gasteiger charge is 2.38. The number of nitrogens with one attached hydrogen (secondary N) is 2. The van der Waals surface area contributed by atoms with E-state index in [1.165, 1.54) is 0 Å². The van der Waals surface area contributed by atoms with Crippen LogP contribution < -0.4 is 10.6 Å². The summed E-state index contributed by atoms with van der Waals surface area (Å²) in [6.07, 6.45) is 0.756. The van der Waals surface area contributed by atoms with E-state index in [4.69, 9.17) is 0 Å². The fourth-order valence-electron chi connectivity index (χ4n) is 1.62. The Morgan fingerprint density at radius 1 is 1.43 bits per heavy atom. The first-order valence-corrected chi connectivity index (χ1v) is 5.15. The lowest BCUT2D eigenvalue weighted by molar-refractivity contribution is 0.0208. The summed E-state index contributed by atoms with van der Waals surface area (Å²) in [7, 11) is 0. The van der Waals surface area contributed by atoms with E-state index in [1.54, 1.807) is 0 Å². The van der Waals surface area contributed by atoms with E-state index in [-0.39, 0.29) is 24.5 Å². The largest absolute Gasteiger partial charge is 0.312 e. The first kappa shape index (κ1) is 11.9. The first-order chi connectivity index (χ1) is 6.29. The summed E-state index contributed by atoms with van der Waals surface area (Å²) in [6.45, 7) is 6.85. The van der Waals surface area contributed by atoms with Crippen LogP contribution in [-0.2, 0) is 0 Å². The molecular weight excluding hydrogens is 186 g/mol. The molecule has 1 heterocycles. The van der Waals surface area contributed by atoms with Crippen molar-refractivity contribution in [1.82, 2.24) is 10.6 Å². The molecule has 1 rings (SSSR count). The molecule has 0 amide bonds. The van der Waals surface area contributed by atoms with Gasteiger partial charge in [0.25, 0.3) is 5.92 Å². The fourth-order valence-corrected chi connectivity index (χ4v) is 1.62. The first-order valence-electron chi connectivity index (χ1n) is 5.15. The second kappa shape index (κ2) is 4.11. The maximum absolute atomic E-state index is 12.8. The van der Waals surface area contributed by atoms with Gasteiger partial charge < -0.3 is 10.6 Å². The predicted octanol–water partition coefficient (Wildman–Crippen LogP) is 1.76. The van der Waals surface area contributed by atoms with Gasteiger partial charge >= 0.3 is 0 Å². The molecule has 0 aromatic heterocycles. The molecule has 1 aliphatic rings. The second-order valence-electron chi connectivity index (χ2n) is 5.10. The Morgan fingerprint density at radius 3 is 2.50 bits per heavy atom. The zero-order chi connectivity index (χ0) is 10.8. The molecule has 0 radical (unpaired) electrons. The van der Waals surface area contributed by atoms with Crippen LogP contribution >= 0.6 is 0 Å². The summed E-state index contributed by atoms with van der Waals surface area (Å²) in [4.78, 5) is 0. The predicted molar refractivity (Wildman–Crippen MR) is 53.7 cm³/mol. The van der Waals surface area contributed by atoms with Gasteiger partial charge in [0.1, 0.15) is 0 Å². The molecule has 1 atom stereocenters. The van der Waals surface area contributed by atoms with E-state index in [9.17, 15) is 8.78 Å². The number of halogens is 2. The molecule has 0 bridgehead atoms. The third kappa shape index (κ3) is 4.33. The maximum Gasteiger partial charge on any atom is 0.261 e. The van der Waals surface area contributed by atoms with Crippen molar-refractivity contribution in [3.05, 3.63) is 0 Å². The van der Waals surface area contributed by atoms with Gasteiger partial charge in [0.05, 0.1) is 6.54 Å². The quantitative estimate of drug-likeness (QED) is 0.735. The van der Waals surface area contributed by atoms with Gasteiger partial charge in [-0.25, -0.2) is 8.78 Å². The molecule has 1 fully saturated rings. The van der Waals surface area contributed by atoms with Crippen LogP contribution in [0.4, 0.5) is 8.78 Å². The van der Waals surface area contributed by atoms with Crippen LogP contribution in [0.5, 0.6) is 0 Å². The Morgan fingerprint density at radius 2 is 2.07 bits per heavy atom. The Hall–Kier alpha value is -0.220. The molecule has 14 heavy (non-hydrogen) atoms. The zero-order valence-corrected chi connectivity index (χ0v) is 9.16. The van der Waals surface area contributed by atoms with E-state index in [0.29, 0.717) is 0 Å². The van der Waals surface area contributed by atoms with Crippen molar-refractivity contribution in [1.29, 1.82) is 0 Å². The fraction of sp³-hybridized carbons (Fsp3) is 1.00. The van der Waals surface area contributed by atoms with Crippen LogP contribution in [0.15, 0.2) is 0 Å². The van der Waals surface area contributed by atoms with Crippen molar-refractivity contribution in [2.24, 2.45) is 0 Å². The molecule has 1 aliphatic heterocycles. The van der Waals surface area contributed by atoms with Crippen molar-refractivity contribution < 1.29 is 8.78 Å². The Balaban J connectivity index is 2.15. The van der Waals surface area contributed by atoms with Crippen LogP contribution in [-0.4, -0.2) is 30.6 Å². The minimum Gasteiger partial charge on any atom is -0.312 e. The van der Waals surface area contributed by atoms with Gasteiger partial charge in [0.2, 0.25) is 0 Å². The lowest BCUT2D eigenvalue weighted by Crippen LogP contribution is -2.38. The van der Waals surface area contributed by atoms with Crippen molar-refractivity contribution in [3.63, 3.8) is 0 Å². The van der Waals surface area contributed by atoms with Gasteiger partial charge in [-0.3, -0.25) is 0 Å². The van der Waals surface area contributed by atoms with Gasteiger partial charge in [-0.15, -0.1) is 0 Å². The second-order valence-corrected chi connectivity index (χ2v) is 5.10. The van der Waals surface area contributed by atoms with E-state index >= 15 is 0 Å². The SMILES string of the molecule is CC(C)(C)NCCC1CC(F)(F)CN1. The summed E-state index contributed by atoms with van der Waals surface area (Å²) in [6, 6.07) is -0.0279. The molecule has 2 N–H and O–H groups in total. The molecule has 1 saturated heterocycles. The summed E-state index contributed by atoms with van der Waals surface area (Å²) in [5, 5.41) is 6.13. The van der Waals surface area contributed by atoms with Crippen molar-refractivity contribution >= 4 is 0 Å². The molecule has 84 valence electrons. The molecule has 0 aliphatic carbocycles. The molecule has 1 unspecified atom stereocenters. The monoisotopic (exact) mass is 206 g/mol. The lowest BCUT2D eigenvalue weighted by Gasteiger charge is -2.21. The van der Waals surface area contributed by atoms with Gasteiger partial charge in [-0.2, -0.15) is 0 Å². The topological polar surface area (TPSA) is 24.1 Å². The Bertz CT molecular complexity index is 187. The Kier molecular flexibility index (Phi) is 3.48. The highest BCUT2D eigenvalue weighted by Crippen LogP contribution is 2.26. The summed E-state index contributed by atoms with van der Waals surface area (Å²) >= 11 is 0. The highest BCUT2D eigenvalue weighted by molar-refractivity contribution is 4.87. The zero-order valence-electron chi connectivity index (χ0n) is 9.16. The van der Waals surface area contributed by atoms with E-state index in [2.05, 4.69) is 31.4 Å². The number of alkyl halides is 2. The number of rotatable bonds is 3. The Labute approximate surface area is 84.4 Å². The minimum atomic E-state index is -2.49. The van der Waals surface area contributed by atoms with Crippen LogP contribution in [0.1, 0.15) is 33.6 Å². The van der Waals surface area contributed by atoms with Gasteiger partial charge in [0, 0.05) is 18.0 Å². The third-order valence-electron chi connectivity index (χ3n) is 2.34. The molecule has 2 nitrogen and oxygen atoms in total. The van der Waals surface area contributed by atoms with Crippen molar-refractivity contribution in [2.75, 3.05) is 13.1 Å². The third-order valence-corrected chi connectivity index (χ3v) is 2.34. The van der Waals surface area contributed by atoms with Crippen LogP contribution in [0.3, 0.4) is 0 Å². The summed E-state index contributed by atoms with van der Waals surface area (Å²) < 4.78 is 25.5. The molecule has 0 aromatic carbocycles. The summed E-state index contributed by atoms with van der Waals surface area (Å²) in [5.41, 5.74) is 0.0706. The van der Waals surface area contributed by atoms with E-state index in [0.717, 1.165) is 13.0 Å². The van der Waals surface area contributed by atoms with Crippen LogP contribution in [0.25, 0.3) is 0 Å². The smallest absolute Gasteiger partial charge is 0.261 e. The van der Waals surface area contributed by atoms with Crippen molar-refractivity contribution in [3.8, 4) is 0 Å². The number of hydrogen-bond donors (Lipinski definition) is 2. The maximum atomic E-state index is 12.8. The average Bonchev–Trinajstić information content (AvgIpc) is 2.27. The van der Waals surface area contributed by atoms with Crippen molar-refractivity contribution in [2.45, 2.75) is 51.1 Å².